The molecule has 0 radical (unpaired) electrons. The number of aromatic amines is 1. The van der Waals surface area contributed by atoms with E-state index < -0.39 is 23.5 Å². The molecule has 5 rings (SSSR count). The minimum atomic E-state index is -4.55. The number of halogens is 3. The third-order valence-corrected chi connectivity index (χ3v) is 6.95. The highest BCUT2D eigenvalue weighted by Crippen LogP contribution is 2.41. The second-order valence-electron chi connectivity index (χ2n) is 9.42. The van der Waals surface area contributed by atoms with E-state index in [4.69, 9.17) is 20.9 Å². The number of aromatic nitrogens is 5. The van der Waals surface area contributed by atoms with E-state index in [0.29, 0.717) is 23.7 Å². The van der Waals surface area contributed by atoms with Crippen LogP contribution in [0.4, 0.5) is 13.2 Å². The Balaban J connectivity index is 1.53. The van der Waals surface area contributed by atoms with Crippen LogP contribution in [-0.2, 0) is 24.1 Å². The summed E-state index contributed by atoms with van der Waals surface area (Å²) in [6.07, 6.45) is -1.95. The second kappa shape index (κ2) is 10.0. The average Bonchev–Trinajstić information content (AvgIpc) is 3.21. The van der Waals surface area contributed by atoms with Crippen molar-refractivity contribution in [2.45, 2.75) is 51.1 Å². The Labute approximate surface area is 215 Å². The minimum absolute atomic E-state index is 0.0278. The minimum Gasteiger partial charge on any atom is -0.387 e. The van der Waals surface area contributed by atoms with E-state index in [1.165, 1.54) is 10.7 Å². The van der Waals surface area contributed by atoms with Gasteiger partial charge in [-0.3, -0.25) is 15.2 Å². The van der Waals surface area contributed by atoms with Gasteiger partial charge in [-0.25, -0.2) is 9.67 Å². The summed E-state index contributed by atoms with van der Waals surface area (Å²) in [5, 5.41) is 12.7. The Bertz CT molecular complexity index is 1510. The van der Waals surface area contributed by atoms with E-state index in [2.05, 4.69) is 15.1 Å². The maximum absolute atomic E-state index is 13.3. The number of nitrogens with zero attached hydrogens (tertiary/aromatic N) is 4. The number of pyridine rings is 1. The molecule has 9 nitrogen and oxygen atoms in total. The van der Waals surface area contributed by atoms with Crippen LogP contribution in [0.3, 0.4) is 0 Å². The summed E-state index contributed by atoms with van der Waals surface area (Å²) in [5.41, 5.74) is 6.39. The first-order valence-corrected chi connectivity index (χ1v) is 12.1. The molecule has 3 aromatic heterocycles. The van der Waals surface area contributed by atoms with Crippen LogP contribution in [0.15, 0.2) is 53.5 Å². The van der Waals surface area contributed by atoms with Crippen molar-refractivity contribution in [3.63, 3.8) is 0 Å². The Hall–Kier alpha value is -4.06. The first-order valence-electron chi connectivity index (χ1n) is 12.1. The van der Waals surface area contributed by atoms with Crippen molar-refractivity contribution in [1.82, 2.24) is 24.7 Å². The van der Waals surface area contributed by atoms with Gasteiger partial charge in [0.25, 0.3) is 5.56 Å². The van der Waals surface area contributed by atoms with Crippen molar-refractivity contribution in [3.8, 4) is 0 Å². The fourth-order valence-electron chi connectivity index (χ4n) is 4.68. The third-order valence-electron chi connectivity index (χ3n) is 6.95. The zero-order valence-corrected chi connectivity index (χ0v) is 20.5. The molecule has 1 aliphatic carbocycles. The summed E-state index contributed by atoms with van der Waals surface area (Å²) in [6, 6.07) is 11.2. The van der Waals surface area contributed by atoms with E-state index in [1.54, 1.807) is 6.92 Å². The van der Waals surface area contributed by atoms with E-state index in [9.17, 15) is 18.0 Å². The Kier molecular flexibility index (Phi) is 6.74. The van der Waals surface area contributed by atoms with Crippen LogP contribution in [0.1, 0.15) is 60.1 Å². The number of benzene rings is 1. The smallest absolute Gasteiger partial charge is 0.387 e. The molecule has 3 unspecified atom stereocenters. The van der Waals surface area contributed by atoms with Gasteiger partial charge in [0.15, 0.2) is 5.65 Å². The monoisotopic (exact) mass is 525 g/mol. The van der Waals surface area contributed by atoms with Gasteiger partial charge in [0.1, 0.15) is 22.6 Å². The maximum Gasteiger partial charge on any atom is 0.433 e. The number of amidine groups is 1. The summed E-state index contributed by atoms with van der Waals surface area (Å²) in [5.74, 6) is 0.0345. The Morgan fingerprint density at radius 2 is 1.97 bits per heavy atom. The number of hydrogen-bond acceptors (Lipinski definition) is 6. The number of fused-ring (bicyclic) bond motifs is 1. The molecule has 198 valence electrons. The SMILES string of the molecule is CC(c1ccc(C(F)(F)F)nc1)n1nc(COCc2ccccc2)c2c(=O)[nH]c(C3CCC3C(=N)N)nc21. The molecule has 1 aromatic carbocycles. The van der Waals surface area contributed by atoms with Crippen LogP contribution in [0.5, 0.6) is 0 Å². The van der Waals surface area contributed by atoms with Crippen molar-refractivity contribution >= 4 is 16.9 Å². The molecule has 12 heteroatoms. The lowest BCUT2D eigenvalue weighted by molar-refractivity contribution is -0.141. The van der Waals surface area contributed by atoms with Gasteiger partial charge in [0, 0.05) is 18.0 Å². The number of H-pyrrole nitrogens is 1. The molecule has 4 N–H and O–H groups in total. The third kappa shape index (κ3) is 4.91. The predicted octanol–water partition coefficient (Wildman–Crippen LogP) is 4.29. The number of hydrogen-bond donors (Lipinski definition) is 3. The first kappa shape index (κ1) is 25.6. The summed E-state index contributed by atoms with van der Waals surface area (Å²) in [6.45, 7) is 2.08. The molecular formula is C26H26F3N7O2. The van der Waals surface area contributed by atoms with Gasteiger partial charge < -0.3 is 15.5 Å². The zero-order valence-electron chi connectivity index (χ0n) is 20.5. The highest BCUT2D eigenvalue weighted by molar-refractivity contribution is 5.82. The van der Waals surface area contributed by atoms with Gasteiger partial charge in [-0.1, -0.05) is 36.4 Å². The van der Waals surface area contributed by atoms with Crippen LogP contribution in [-0.4, -0.2) is 30.6 Å². The molecule has 1 aliphatic rings. The zero-order chi connectivity index (χ0) is 27.0. The molecule has 0 amide bonds. The first-order chi connectivity index (χ1) is 18.1. The van der Waals surface area contributed by atoms with E-state index >= 15 is 0 Å². The summed E-state index contributed by atoms with van der Waals surface area (Å²) < 4.78 is 46.4. The van der Waals surface area contributed by atoms with E-state index in [-0.39, 0.29) is 35.3 Å². The van der Waals surface area contributed by atoms with Crippen LogP contribution in [0, 0.1) is 11.3 Å². The standard InChI is InChI=1S/C26H26F3N7O2/c1-14(16-7-10-20(32-11-16)26(27,28)29)36-24-21(19(35-36)13-38-12-15-5-3-2-4-6-15)25(37)34-23(33-24)18-9-8-17(18)22(30)31/h2-7,10-11,14,17-18H,8-9,12-13H2,1H3,(H3,30,31)(H,33,34,37). The average molecular weight is 526 g/mol. The quantitative estimate of drug-likeness (QED) is 0.232. The topological polar surface area (TPSA) is 136 Å². The van der Waals surface area contributed by atoms with Crippen molar-refractivity contribution in [2.75, 3.05) is 0 Å². The van der Waals surface area contributed by atoms with Crippen LogP contribution in [0.25, 0.3) is 11.0 Å². The van der Waals surface area contributed by atoms with Gasteiger partial charge in [-0.15, -0.1) is 0 Å². The largest absolute Gasteiger partial charge is 0.433 e. The fraction of sp³-hybridized carbons (Fsp3) is 0.346. The van der Waals surface area contributed by atoms with Gasteiger partial charge in [0.05, 0.1) is 25.1 Å². The van der Waals surface area contributed by atoms with Crippen molar-refractivity contribution in [3.05, 3.63) is 87.4 Å². The molecular weight excluding hydrogens is 499 g/mol. The van der Waals surface area contributed by atoms with Crippen molar-refractivity contribution in [1.29, 1.82) is 5.41 Å². The summed E-state index contributed by atoms with van der Waals surface area (Å²) >= 11 is 0. The van der Waals surface area contributed by atoms with Gasteiger partial charge in [0.2, 0.25) is 0 Å². The molecule has 1 saturated carbocycles. The van der Waals surface area contributed by atoms with Crippen molar-refractivity contribution < 1.29 is 17.9 Å². The van der Waals surface area contributed by atoms with Gasteiger partial charge >= 0.3 is 6.18 Å². The lowest BCUT2D eigenvalue weighted by atomic mass is 9.72. The molecule has 4 aromatic rings. The van der Waals surface area contributed by atoms with Gasteiger partial charge in [-0.05, 0) is 37.0 Å². The molecule has 3 heterocycles. The highest BCUT2D eigenvalue weighted by Gasteiger charge is 2.37. The number of rotatable bonds is 8. The Morgan fingerprint density at radius 3 is 2.58 bits per heavy atom. The molecule has 38 heavy (non-hydrogen) atoms. The molecule has 0 bridgehead atoms. The summed E-state index contributed by atoms with van der Waals surface area (Å²) in [4.78, 5) is 24.4. The molecule has 0 saturated heterocycles. The molecule has 1 fully saturated rings. The molecule has 0 aliphatic heterocycles. The van der Waals surface area contributed by atoms with E-state index in [0.717, 1.165) is 30.7 Å². The molecule has 0 spiro atoms. The lowest BCUT2D eigenvalue weighted by Gasteiger charge is -2.34. The number of alkyl halides is 3. The normalized spacial score (nSPS) is 18.3. The van der Waals surface area contributed by atoms with Crippen LogP contribution in [0.2, 0.25) is 0 Å². The number of nitrogens with two attached hydrogens (primary N) is 1. The van der Waals surface area contributed by atoms with Crippen LogP contribution >= 0.6 is 0 Å². The predicted molar refractivity (Wildman–Crippen MR) is 134 cm³/mol. The van der Waals surface area contributed by atoms with Gasteiger partial charge in [-0.2, -0.15) is 18.3 Å². The molecule has 3 atom stereocenters. The highest BCUT2D eigenvalue weighted by atomic mass is 19.4. The number of ether oxygens (including phenoxy) is 1. The van der Waals surface area contributed by atoms with Crippen LogP contribution < -0.4 is 11.3 Å². The fourth-order valence-corrected chi connectivity index (χ4v) is 4.68. The number of nitrogens with one attached hydrogen (secondary N) is 2. The van der Waals surface area contributed by atoms with E-state index in [1.807, 2.05) is 30.3 Å². The Morgan fingerprint density at radius 1 is 1.21 bits per heavy atom. The van der Waals surface area contributed by atoms with Crippen molar-refractivity contribution in [2.24, 2.45) is 11.7 Å². The maximum atomic E-state index is 13.3. The second-order valence-corrected chi connectivity index (χ2v) is 9.42. The summed E-state index contributed by atoms with van der Waals surface area (Å²) in [7, 11) is 0. The lowest BCUT2D eigenvalue weighted by Crippen LogP contribution is -2.37.